The van der Waals surface area contributed by atoms with E-state index in [2.05, 4.69) is 58.9 Å². The Hall–Kier alpha value is -2.61. The molecule has 8 nitrogen and oxygen atoms in total. The lowest BCUT2D eigenvalue weighted by Gasteiger charge is -2.43. The van der Waals surface area contributed by atoms with Gasteiger partial charge in [0.05, 0.1) is 0 Å². The molecule has 0 aliphatic carbocycles. The van der Waals surface area contributed by atoms with E-state index in [0.29, 0.717) is 24.3 Å². The standard InChI is InChI=1S/C20H31N3O.C2H2O4/c1-17(2)16-20(24)23-10-8-19(9-11-23)22-14-12-21(13-15-22)18-6-4-3-5-7-18;3-1(4)2(5)6/h3-7,17,19H,8-16H2,1-2H3;(H,3,4)(H,5,6). The Morgan fingerprint density at radius 1 is 0.900 bits per heavy atom. The number of piperidine rings is 1. The molecule has 2 fully saturated rings. The Kier molecular flexibility index (Phi) is 9.11. The fourth-order valence-corrected chi connectivity index (χ4v) is 3.94. The van der Waals surface area contributed by atoms with E-state index in [9.17, 15) is 4.79 Å². The first-order valence-electron chi connectivity index (χ1n) is 10.6. The van der Waals surface area contributed by atoms with Crippen LogP contribution in [-0.4, -0.2) is 83.2 Å². The minimum Gasteiger partial charge on any atom is -0.473 e. The van der Waals surface area contributed by atoms with E-state index in [4.69, 9.17) is 19.8 Å². The number of amides is 1. The highest BCUT2D eigenvalue weighted by Crippen LogP contribution is 2.22. The molecule has 30 heavy (non-hydrogen) atoms. The van der Waals surface area contributed by atoms with Gasteiger partial charge in [-0.05, 0) is 30.9 Å². The van der Waals surface area contributed by atoms with Crippen molar-refractivity contribution in [3.63, 3.8) is 0 Å². The number of nitrogens with zero attached hydrogens (tertiary/aromatic N) is 3. The topological polar surface area (TPSA) is 101 Å². The molecule has 1 aromatic carbocycles. The van der Waals surface area contributed by atoms with Crippen LogP contribution >= 0.6 is 0 Å². The monoisotopic (exact) mass is 419 g/mol. The Bertz CT molecular complexity index is 682. The van der Waals surface area contributed by atoms with Gasteiger partial charge in [-0.25, -0.2) is 9.59 Å². The molecular formula is C22H33N3O5. The Morgan fingerprint density at radius 2 is 1.43 bits per heavy atom. The summed E-state index contributed by atoms with van der Waals surface area (Å²) in [6, 6.07) is 11.4. The maximum Gasteiger partial charge on any atom is 0.414 e. The summed E-state index contributed by atoms with van der Waals surface area (Å²) >= 11 is 0. The van der Waals surface area contributed by atoms with E-state index < -0.39 is 11.9 Å². The number of anilines is 1. The highest BCUT2D eigenvalue weighted by molar-refractivity contribution is 6.27. The molecule has 2 aliphatic rings. The van der Waals surface area contributed by atoms with Crippen molar-refractivity contribution in [1.29, 1.82) is 0 Å². The highest BCUT2D eigenvalue weighted by atomic mass is 16.4. The fraction of sp³-hybridized carbons (Fsp3) is 0.591. The molecule has 166 valence electrons. The summed E-state index contributed by atoms with van der Waals surface area (Å²) in [6.07, 6.45) is 2.96. The average Bonchev–Trinajstić information content (AvgIpc) is 2.74. The van der Waals surface area contributed by atoms with E-state index >= 15 is 0 Å². The van der Waals surface area contributed by atoms with Crippen molar-refractivity contribution in [1.82, 2.24) is 9.80 Å². The summed E-state index contributed by atoms with van der Waals surface area (Å²) in [5, 5.41) is 14.8. The Balaban J connectivity index is 0.000000469. The number of carboxylic acid groups (broad SMARTS) is 2. The first-order valence-corrected chi connectivity index (χ1v) is 10.6. The molecule has 0 radical (unpaired) electrons. The SMILES string of the molecule is CC(C)CC(=O)N1CCC(N2CCN(c3ccccc3)CC2)CC1.O=C(O)C(=O)O. The van der Waals surface area contributed by atoms with Crippen LogP contribution in [0.2, 0.25) is 0 Å². The molecule has 0 atom stereocenters. The van der Waals surface area contributed by atoms with Crippen molar-refractivity contribution in [2.75, 3.05) is 44.2 Å². The Labute approximate surface area is 178 Å². The van der Waals surface area contributed by atoms with Gasteiger partial charge in [0.1, 0.15) is 0 Å². The predicted molar refractivity (Wildman–Crippen MR) is 115 cm³/mol. The third-order valence-corrected chi connectivity index (χ3v) is 5.54. The van der Waals surface area contributed by atoms with Crippen molar-refractivity contribution >= 4 is 23.5 Å². The zero-order valence-corrected chi connectivity index (χ0v) is 17.9. The van der Waals surface area contributed by atoms with Crippen molar-refractivity contribution in [2.45, 2.75) is 39.2 Å². The number of carbonyl (C=O) groups excluding carboxylic acids is 1. The molecule has 0 bridgehead atoms. The summed E-state index contributed by atoms with van der Waals surface area (Å²) in [7, 11) is 0. The lowest BCUT2D eigenvalue weighted by Crippen LogP contribution is -2.53. The van der Waals surface area contributed by atoms with Gasteiger partial charge in [0.25, 0.3) is 0 Å². The zero-order valence-electron chi connectivity index (χ0n) is 17.9. The van der Waals surface area contributed by atoms with Crippen LogP contribution in [0.5, 0.6) is 0 Å². The molecular weight excluding hydrogens is 386 g/mol. The van der Waals surface area contributed by atoms with Crippen LogP contribution in [-0.2, 0) is 14.4 Å². The summed E-state index contributed by atoms with van der Waals surface area (Å²) in [6.45, 7) is 10.6. The second-order valence-electron chi connectivity index (χ2n) is 8.18. The van der Waals surface area contributed by atoms with Gasteiger partial charge in [0, 0.05) is 57.4 Å². The van der Waals surface area contributed by atoms with Gasteiger partial charge in [0.2, 0.25) is 5.91 Å². The molecule has 0 unspecified atom stereocenters. The van der Waals surface area contributed by atoms with Crippen molar-refractivity contribution in [3.05, 3.63) is 30.3 Å². The van der Waals surface area contributed by atoms with Crippen LogP contribution in [0, 0.1) is 5.92 Å². The van der Waals surface area contributed by atoms with Gasteiger partial charge in [-0.15, -0.1) is 0 Å². The maximum atomic E-state index is 12.2. The molecule has 8 heteroatoms. The number of rotatable bonds is 4. The minimum absolute atomic E-state index is 0.345. The first-order chi connectivity index (χ1) is 14.3. The summed E-state index contributed by atoms with van der Waals surface area (Å²) in [5.74, 6) is -2.84. The van der Waals surface area contributed by atoms with Crippen LogP contribution in [0.15, 0.2) is 30.3 Å². The maximum absolute atomic E-state index is 12.2. The average molecular weight is 420 g/mol. The number of aliphatic carboxylic acids is 2. The molecule has 0 aromatic heterocycles. The van der Waals surface area contributed by atoms with Crippen molar-refractivity contribution in [2.24, 2.45) is 5.92 Å². The zero-order chi connectivity index (χ0) is 22.1. The van der Waals surface area contributed by atoms with Gasteiger partial charge >= 0.3 is 11.9 Å². The third-order valence-electron chi connectivity index (χ3n) is 5.54. The highest BCUT2D eigenvalue weighted by Gasteiger charge is 2.29. The number of para-hydroxylation sites is 1. The fourth-order valence-electron chi connectivity index (χ4n) is 3.94. The van der Waals surface area contributed by atoms with Gasteiger partial charge < -0.3 is 20.0 Å². The molecule has 2 saturated heterocycles. The Morgan fingerprint density at radius 3 is 1.90 bits per heavy atom. The van der Waals surface area contributed by atoms with Crippen molar-refractivity contribution in [3.8, 4) is 0 Å². The molecule has 0 saturated carbocycles. The number of benzene rings is 1. The second kappa shape index (κ2) is 11.5. The number of hydrogen-bond donors (Lipinski definition) is 2. The van der Waals surface area contributed by atoms with E-state index in [1.807, 2.05) is 0 Å². The first kappa shape index (κ1) is 23.7. The number of likely N-dealkylation sites (tertiary alicyclic amines) is 1. The molecule has 0 spiro atoms. The van der Waals surface area contributed by atoms with Crippen LogP contribution in [0.4, 0.5) is 5.69 Å². The van der Waals surface area contributed by atoms with E-state index in [1.54, 1.807) is 0 Å². The van der Waals surface area contributed by atoms with E-state index in [1.165, 1.54) is 5.69 Å². The largest absolute Gasteiger partial charge is 0.473 e. The molecule has 2 N–H and O–H groups in total. The van der Waals surface area contributed by atoms with Gasteiger partial charge in [-0.1, -0.05) is 32.0 Å². The lowest BCUT2D eigenvalue weighted by atomic mass is 10.0. The molecule has 1 amide bonds. The number of hydrogen-bond acceptors (Lipinski definition) is 5. The summed E-state index contributed by atoms with van der Waals surface area (Å²) < 4.78 is 0. The van der Waals surface area contributed by atoms with Gasteiger partial charge in [0.15, 0.2) is 0 Å². The molecule has 1 aromatic rings. The molecule has 2 heterocycles. The number of carbonyl (C=O) groups is 3. The van der Waals surface area contributed by atoms with Gasteiger partial charge in [-0.3, -0.25) is 9.69 Å². The quantitative estimate of drug-likeness (QED) is 0.720. The normalized spacial score (nSPS) is 18.0. The van der Waals surface area contributed by atoms with Crippen LogP contribution in [0.3, 0.4) is 0 Å². The van der Waals surface area contributed by atoms with Crippen LogP contribution in [0.1, 0.15) is 33.1 Å². The molecule has 3 rings (SSSR count). The third kappa shape index (κ3) is 7.33. The van der Waals surface area contributed by atoms with Gasteiger partial charge in [-0.2, -0.15) is 0 Å². The van der Waals surface area contributed by atoms with E-state index in [-0.39, 0.29) is 0 Å². The summed E-state index contributed by atoms with van der Waals surface area (Å²) in [5.41, 5.74) is 1.34. The minimum atomic E-state index is -1.82. The van der Waals surface area contributed by atoms with Crippen LogP contribution < -0.4 is 4.90 Å². The number of piperazine rings is 1. The lowest BCUT2D eigenvalue weighted by molar-refractivity contribution is -0.159. The van der Waals surface area contributed by atoms with Crippen LogP contribution in [0.25, 0.3) is 0 Å². The number of carboxylic acids is 2. The molecule has 2 aliphatic heterocycles. The smallest absolute Gasteiger partial charge is 0.414 e. The van der Waals surface area contributed by atoms with E-state index in [0.717, 1.165) is 52.1 Å². The van der Waals surface area contributed by atoms with Crippen molar-refractivity contribution < 1.29 is 24.6 Å². The predicted octanol–water partition coefficient (Wildman–Crippen LogP) is 2.00. The summed E-state index contributed by atoms with van der Waals surface area (Å²) in [4.78, 5) is 37.6. The second-order valence-corrected chi connectivity index (χ2v) is 8.18.